The molecule has 126 valence electrons. The highest BCUT2D eigenvalue weighted by Crippen LogP contribution is 2.27. The number of fused-ring (bicyclic) bond motifs is 1. The summed E-state index contributed by atoms with van der Waals surface area (Å²) in [7, 11) is 0. The van der Waals surface area contributed by atoms with E-state index in [1.165, 1.54) is 30.0 Å². The zero-order chi connectivity index (χ0) is 16.9. The van der Waals surface area contributed by atoms with Crippen LogP contribution in [0.2, 0.25) is 0 Å². The molecule has 2 aromatic carbocycles. The Hall–Kier alpha value is -2.36. The first kappa shape index (κ1) is 16.5. The van der Waals surface area contributed by atoms with E-state index in [1.807, 2.05) is 12.1 Å². The topological polar surface area (TPSA) is 41.1 Å². The number of hydrogen-bond donors (Lipinski definition) is 2. The smallest absolute Gasteiger partial charge is 0.239 e. The molecule has 1 aliphatic carbocycles. The summed E-state index contributed by atoms with van der Waals surface area (Å²) in [5, 5.41) is 6.13. The zero-order valence-electron chi connectivity index (χ0n) is 14.0. The van der Waals surface area contributed by atoms with Gasteiger partial charge in [-0.3, -0.25) is 4.79 Å². The summed E-state index contributed by atoms with van der Waals surface area (Å²) in [6.07, 6.45) is 4.66. The van der Waals surface area contributed by atoms with Crippen molar-refractivity contribution in [2.45, 2.75) is 39.2 Å². The second-order valence-electron chi connectivity index (χ2n) is 6.36. The summed E-state index contributed by atoms with van der Waals surface area (Å²) in [5.74, 6) is -0.286. The summed E-state index contributed by atoms with van der Waals surface area (Å²) in [4.78, 5) is 12.1. The number of amides is 1. The Bertz CT molecular complexity index is 742. The first-order valence-corrected chi connectivity index (χ1v) is 8.50. The van der Waals surface area contributed by atoms with Crippen molar-refractivity contribution in [1.82, 2.24) is 5.32 Å². The van der Waals surface area contributed by atoms with Crippen LogP contribution >= 0.6 is 0 Å². The van der Waals surface area contributed by atoms with Crippen LogP contribution in [0.5, 0.6) is 0 Å². The molecule has 0 fully saturated rings. The van der Waals surface area contributed by atoms with Gasteiger partial charge in [-0.25, -0.2) is 4.39 Å². The fraction of sp³-hybridized carbons (Fsp3) is 0.350. The lowest BCUT2D eigenvalue weighted by Crippen LogP contribution is -2.29. The number of anilines is 1. The van der Waals surface area contributed by atoms with Crippen molar-refractivity contribution < 1.29 is 9.18 Å². The zero-order valence-corrected chi connectivity index (χ0v) is 14.0. The van der Waals surface area contributed by atoms with Gasteiger partial charge in [0, 0.05) is 12.2 Å². The van der Waals surface area contributed by atoms with Gasteiger partial charge in [0.15, 0.2) is 0 Å². The SMILES string of the molecule is Cc1cc(CNC(=O)CNc2cccc3c2CCCC3)ccc1F. The summed E-state index contributed by atoms with van der Waals surface area (Å²) in [6, 6.07) is 11.2. The molecule has 0 radical (unpaired) electrons. The molecule has 1 aliphatic rings. The normalized spacial score (nSPS) is 13.2. The van der Waals surface area contributed by atoms with Crippen molar-refractivity contribution in [2.75, 3.05) is 11.9 Å². The molecule has 4 heteroatoms. The lowest BCUT2D eigenvalue weighted by molar-refractivity contribution is -0.119. The van der Waals surface area contributed by atoms with E-state index in [9.17, 15) is 9.18 Å². The monoisotopic (exact) mass is 326 g/mol. The molecule has 0 heterocycles. The number of halogens is 1. The highest BCUT2D eigenvalue weighted by atomic mass is 19.1. The van der Waals surface area contributed by atoms with E-state index in [2.05, 4.69) is 16.7 Å². The van der Waals surface area contributed by atoms with Crippen molar-refractivity contribution in [3.05, 3.63) is 64.5 Å². The van der Waals surface area contributed by atoms with Crippen molar-refractivity contribution in [3.8, 4) is 0 Å². The molecule has 3 rings (SSSR count). The van der Waals surface area contributed by atoms with Gasteiger partial charge in [0.1, 0.15) is 5.82 Å². The maximum Gasteiger partial charge on any atom is 0.239 e. The predicted octanol–water partition coefficient (Wildman–Crippen LogP) is 3.74. The predicted molar refractivity (Wildman–Crippen MR) is 94.6 cm³/mol. The molecule has 0 atom stereocenters. The summed E-state index contributed by atoms with van der Waals surface area (Å²) in [5.41, 5.74) is 5.31. The standard InChI is InChI=1S/C20H23FN2O/c1-14-11-15(9-10-18(14)21)12-23-20(24)13-22-19-8-4-6-16-5-2-3-7-17(16)19/h4,6,8-11,22H,2-3,5,7,12-13H2,1H3,(H,23,24). The van der Waals surface area contributed by atoms with Crippen LogP contribution in [-0.4, -0.2) is 12.5 Å². The van der Waals surface area contributed by atoms with Crippen LogP contribution in [0.1, 0.15) is 35.1 Å². The molecule has 0 saturated carbocycles. The van der Waals surface area contributed by atoms with E-state index < -0.39 is 0 Å². The van der Waals surface area contributed by atoms with Gasteiger partial charge in [-0.15, -0.1) is 0 Å². The van der Waals surface area contributed by atoms with Crippen LogP contribution in [0.15, 0.2) is 36.4 Å². The largest absolute Gasteiger partial charge is 0.376 e. The lowest BCUT2D eigenvalue weighted by Gasteiger charge is -2.20. The Morgan fingerprint density at radius 2 is 2.00 bits per heavy atom. The fourth-order valence-corrected chi connectivity index (χ4v) is 3.20. The second kappa shape index (κ2) is 7.47. The van der Waals surface area contributed by atoms with Crippen LogP contribution in [0.3, 0.4) is 0 Å². The van der Waals surface area contributed by atoms with E-state index in [4.69, 9.17) is 0 Å². The lowest BCUT2D eigenvalue weighted by atomic mass is 9.90. The quantitative estimate of drug-likeness (QED) is 0.879. The van der Waals surface area contributed by atoms with Gasteiger partial charge in [-0.2, -0.15) is 0 Å². The molecule has 3 nitrogen and oxygen atoms in total. The number of benzene rings is 2. The maximum atomic E-state index is 13.2. The van der Waals surface area contributed by atoms with Gasteiger partial charge >= 0.3 is 0 Å². The molecule has 0 aliphatic heterocycles. The van der Waals surface area contributed by atoms with E-state index in [1.54, 1.807) is 19.1 Å². The minimum Gasteiger partial charge on any atom is -0.376 e. The van der Waals surface area contributed by atoms with Crippen LogP contribution < -0.4 is 10.6 Å². The highest BCUT2D eigenvalue weighted by Gasteiger charge is 2.13. The molecule has 0 spiro atoms. The molecule has 0 unspecified atom stereocenters. The van der Waals surface area contributed by atoms with Crippen LogP contribution in [0.4, 0.5) is 10.1 Å². The van der Waals surface area contributed by atoms with Crippen molar-refractivity contribution in [3.63, 3.8) is 0 Å². The van der Waals surface area contributed by atoms with Crippen molar-refractivity contribution in [2.24, 2.45) is 0 Å². The first-order valence-electron chi connectivity index (χ1n) is 8.50. The first-order chi connectivity index (χ1) is 11.6. The van der Waals surface area contributed by atoms with Gasteiger partial charge < -0.3 is 10.6 Å². The number of hydrogen-bond acceptors (Lipinski definition) is 2. The Labute approximate surface area is 142 Å². The third-order valence-corrected chi connectivity index (χ3v) is 4.55. The Kier molecular flexibility index (Phi) is 5.14. The van der Waals surface area contributed by atoms with E-state index in [-0.39, 0.29) is 18.3 Å². The van der Waals surface area contributed by atoms with Crippen LogP contribution in [0, 0.1) is 12.7 Å². The van der Waals surface area contributed by atoms with E-state index in [0.29, 0.717) is 12.1 Å². The van der Waals surface area contributed by atoms with Gasteiger partial charge in [-0.05, 0) is 67.0 Å². The van der Waals surface area contributed by atoms with Crippen molar-refractivity contribution >= 4 is 11.6 Å². The minimum absolute atomic E-state index is 0.0645. The highest BCUT2D eigenvalue weighted by molar-refractivity contribution is 5.81. The number of aryl methyl sites for hydroxylation is 2. The average molecular weight is 326 g/mol. The van der Waals surface area contributed by atoms with Gasteiger partial charge in [0.05, 0.1) is 6.54 Å². The number of nitrogens with one attached hydrogen (secondary N) is 2. The summed E-state index contributed by atoms with van der Waals surface area (Å²) < 4.78 is 13.2. The number of carbonyl (C=O) groups excluding carboxylic acids is 1. The molecule has 2 N–H and O–H groups in total. The Morgan fingerprint density at radius 1 is 1.17 bits per heavy atom. The molecule has 0 bridgehead atoms. The molecule has 2 aromatic rings. The number of carbonyl (C=O) groups is 1. The van der Waals surface area contributed by atoms with Gasteiger partial charge in [0.2, 0.25) is 5.91 Å². The molecule has 0 saturated heterocycles. The molecule has 0 aromatic heterocycles. The molecular weight excluding hydrogens is 303 g/mol. The molecule has 24 heavy (non-hydrogen) atoms. The molecular formula is C20H23FN2O. The minimum atomic E-state index is -0.222. The Morgan fingerprint density at radius 3 is 2.83 bits per heavy atom. The van der Waals surface area contributed by atoms with E-state index >= 15 is 0 Å². The van der Waals surface area contributed by atoms with Crippen molar-refractivity contribution in [1.29, 1.82) is 0 Å². The maximum absolute atomic E-state index is 13.2. The molecule has 1 amide bonds. The van der Waals surface area contributed by atoms with Gasteiger partial charge in [-0.1, -0.05) is 24.3 Å². The summed E-state index contributed by atoms with van der Waals surface area (Å²) in [6.45, 7) is 2.38. The van der Waals surface area contributed by atoms with Gasteiger partial charge in [0.25, 0.3) is 0 Å². The summed E-state index contributed by atoms with van der Waals surface area (Å²) >= 11 is 0. The van der Waals surface area contributed by atoms with Crippen LogP contribution in [-0.2, 0) is 24.2 Å². The fourth-order valence-electron chi connectivity index (χ4n) is 3.20. The average Bonchev–Trinajstić information content (AvgIpc) is 2.61. The van der Waals surface area contributed by atoms with E-state index in [0.717, 1.165) is 24.1 Å². The van der Waals surface area contributed by atoms with Crippen LogP contribution in [0.25, 0.3) is 0 Å². The Balaban J connectivity index is 1.53. The third kappa shape index (κ3) is 3.94. The number of rotatable bonds is 5. The second-order valence-corrected chi connectivity index (χ2v) is 6.36. The third-order valence-electron chi connectivity index (χ3n) is 4.55.